The lowest BCUT2D eigenvalue weighted by Crippen LogP contribution is -2.42. The fourth-order valence-corrected chi connectivity index (χ4v) is 11.2. The molecule has 252 valence electrons. The summed E-state index contributed by atoms with van der Waals surface area (Å²) in [5, 5.41) is 3.36. The minimum atomic E-state index is -4.74. The van der Waals surface area contributed by atoms with E-state index in [1.54, 1.807) is 43.5 Å². The Morgan fingerprint density at radius 2 is 1.61 bits per heavy atom. The number of nitrogens with one attached hydrogen (secondary N) is 2. The largest absolute Gasteiger partial charge is 0.497 e. The zero-order valence-corrected chi connectivity index (χ0v) is 27.4. The molecule has 3 fully saturated rings. The molecular weight excluding hydrogens is 680 g/mol. The topological polar surface area (TPSA) is 118 Å². The molecule has 2 aliphatic heterocycles. The van der Waals surface area contributed by atoms with Gasteiger partial charge >= 0.3 is 11.0 Å². The van der Waals surface area contributed by atoms with E-state index in [0.717, 1.165) is 37.8 Å². The van der Waals surface area contributed by atoms with Crippen molar-refractivity contribution in [3.63, 3.8) is 0 Å². The maximum atomic E-state index is 14.0. The Bertz CT molecular complexity index is 2030. The van der Waals surface area contributed by atoms with Gasteiger partial charge in [0.2, 0.25) is 11.8 Å². The number of para-hydroxylation sites is 1. The van der Waals surface area contributed by atoms with Crippen molar-refractivity contribution in [2.75, 3.05) is 23.9 Å². The molecule has 7 atom stereocenters. The van der Waals surface area contributed by atoms with E-state index in [9.17, 15) is 32.3 Å². The van der Waals surface area contributed by atoms with E-state index in [0.29, 0.717) is 23.6 Å². The number of carbonyl (C=O) groups is 3. The van der Waals surface area contributed by atoms with Crippen LogP contribution in [0.4, 0.5) is 24.5 Å². The third kappa shape index (κ3) is 5.23. The van der Waals surface area contributed by atoms with Crippen LogP contribution in [0, 0.1) is 29.6 Å². The Hall–Kier alpha value is -4.56. The highest BCUT2D eigenvalue weighted by Gasteiger charge is 2.70. The predicted octanol–water partition coefficient (Wildman–Crippen LogP) is 6.16. The summed E-state index contributed by atoms with van der Waals surface area (Å²) in [6.45, 7) is -0.226. The summed E-state index contributed by atoms with van der Waals surface area (Å²) in [5.74, 6) is -2.78. The van der Waals surface area contributed by atoms with Crippen LogP contribution in [-0.4, -0.2) is 41.7 Å². The lowest BCUT2D eigenvalue weighted by Gasteiger charge is -2.43. The number of hydrogen-bond donors (Lipinski definition) is 2. The number of anilines is 2. The van der Waals surface area contributed by atoms with Crippen LogP contribution in [-0.2, 0) is 20.6 Å². The van der Waals surface area contributed by atoms with E-state index < -0.39 is 41.1 Å². The summed E-state index contributed by atoms with van der Waals surface area (Å²) in [7, 11) is 1.56. The monoisotopic (exact) mass is 707 g/mol. The molecule has 14 heteroatoms. The Kier molecular flexibility index (Phi) is 7.63. The number of alkyl halides is 3. The number of thiazole rings is 1. The molecular formula is C35H28F3N3O6S2. The van der Waals surface area contributed by atoms with Gasteiger partial charge in [-0.3, -0.25) is 19.2 Å². The van der Waals surface area contributed by atoms with Crippen LogP contribution < -0.4 is 24.6 Å². The van der Waals surface area contributed by atoms with Crippen molar-refractivity contribution in [3.05, 3.63) is 98.5 Å². The number of benzene rings is 3. The van der Waals surface area contributed by atoms with E-state index in [1.807, 2.05) is 12.1 Å². The summed E-state index contributed by atoms with van der Waals surface area (Å²) >= 11 is 2.61. The number of thioether (sulfide) groups is 1. The average Bonchev–Trinajstić information content (AvgIpc) is 3.82. The number of amides is 3. The van der Waals surface area contributed by atoms with Gasteiger partial charge in [-0.2, -0.15) is 13.2 Å². The van der Waals surface area contributed by atoms with Crippen molar-refractivity contribution < 1.29 is 37.0 Å². The summed E-state index contributed by atoms with van der Waals surface area (Å²) in [6.07, 6.45) is -4.14. The van der Waals surface area contributed by atoms with Crippen LogP contribution in [0.5, 0.6) is 11.5 Å². The second-order valence-corrected chi connectivity index (χ2v) is 14.8. The second-order valence-electron chi connectivity index (χ2n) is 12.6. The molecule has 1 aromatic heterocycles. The fraction of sp³-hybridized carbons (Fsp3) is 0.314. The van der Waals surface area contributed by atoms with E-state index >= 15 is 0 Å². The fourth-order valence-electron chi connectivity index (χ4n) is 8.33. The molecule has 2 N–H and O–H groups in total. The molecule has 4 aliphatic rings. The number of fused-ring (bicyclic) bond motifs is 9. The first-order valence-corrected chi connectivity index (χ1v) is 17.3. The third-order valence-corrected chi connectivity index (χ3v) is 12.7. The molecule has 3 heterocycles. The van der Waals surface area contributed by atoms with Crippen molar-refractivity contribution >= 4 is 52.2 Å². The van der Waals surface area contributed by atoms with Gasteiger partial charge in [-0.25, -0.2) is 4.90 Å². The van der Waals surface area contributed by atoms with Crippen LogP contribution in [0.2, 0.25) is 0 Å². The van der Waals surface area contributed by atoms with Gasteiger partial charge < -0.3 is 19.8 Å². The van der Waals surface area contributed by atoms with Crippen LogP contribution in [0.25, 0.3) is 0 Å². The van der Waals surface area contributed by atoms with E-state index in [4.69, 9.17) is 9.47 Å². The maximum Gasteiger partial charge on any atom is 0.418 e. The van der Waals surface area contributed by atoms with Crippen molar-refractivity contribution in [2.24, 2.45) is 29.6 Å². The highest BCUT2D eigenvalue weighted by molar-refractivity contribution is 8.00. The number of ether oxygens (including phenoxy) is 2. The first kappa shape index (κ1) is 31.7. The molecule has 2 saturated carbocycles. The van der Waals surface area contributed by atoms with E-state index in [1.165, 1.54) is 30.0 Å². The van der Waals surface area contributed by atoms with E-state index in [2.05, 4.69) is 10.3 Å². The average molecular weight is 708 g/mol. The van der Waals surface area contributed by atoms with E-state index in [-0.39, 0.29) is 46.3 Å². The number of halogens is 3. The number of aromatic nitrogens is 1. The van der Waals surface area contributed by atoms with Gasteiger partial charge in [0.1, 0.15) is 11.5 Å². The minimum Gasteiger partial charge on any atom is -0.497 e. The van der Waals surface area contributed by atoms with Crippen LogP contribution in [0.3, 0.4) is 0 Å². The van der Waals surface area contributed by atoms with Crippen LogP contribution in [0.15, 0.2) is 82.6 Å². The van der Waals surface area contributed by atoms with Gasteiger partial charge in [0.15, 0.2) is 6.61 Å². The number of hydrogen-bond acceptors (Lipinski definition) is 8. The molecule has 8 rings (SSSR count). The van der Waals surface area contributed by atoms with Crippen molar-refractivity contribution in [2.45, 2.75) is 28.8 Å². The van der Waals surface area contributed by atoms with Gasteiger partial charge in [-0.15, -0.1) is 11.8 Å². The molecule has 9 nitrogen and oxygen atoms in total. The number of carbonyl (C=O) groups excluding carboxylic acids is 3. The molecule has 49 heavy (non-hydrogen) atoms. The molecule has 0 radical (unpaired) electrons. The maximum absolute atomic E-state index is 14.0. The van der Waals surface area contributed by atoms with Crippen LogP contribution in [0.1, 0.15) is 28.3 Å². The lowest BCUT2D eigenvalue weighted by molar-refractivity contribution is -0.137. The molecule has 1 saturated heterocycles. The van der Waals surface area contributed by atoms with Crippen molar-refractivity contribution in [1.29, 1.82) is 0 Å². The third-order valence-electron chi connectivity index (χ3n) is 10.2. The SMILES string of the molecule is COc1ccc(NC(=O)COc2ccc([C@@H]3c4sc(=O)[nH]c4S[C@@H]4[C@@H]5C[C@@H]([C@@H]6C(=O)N(c7ccccc7C(F)(F)F)C(=O)[C@@H]56)[C@H]34)cc2)cc1. The molecule has 2 bridgehead atoms. The number of methoxy groups -OCH3 is 1. The first-order valence-electron chi connectivity index (χ1n) is 15.6. The molecule has 0 unspecified atom stereocenters. The zero-order chi connectivity index (χ0) is 34.2. The number of H-pyrrole nitrogens is 1. The first-order chi connectivity index (χ1) is 23.5. The van der Waals surface area contributed by atoms with Gasteiger partial charge in [-0.05, 0) is 78.3 Å². The summed E-state index contributed by atoms with van der Waals surface area (Å²) in [5.41, 5.74) is 0.0256. The number of imide groups is 1. The molecule has 4 aromatic rings. The molecule has 0 spiro atoms. The number of nitrogens with zero attached hydrogens (tertiary/aromatic N) is 1. The highest BCUT2D eigenvalue weighted by atomic mass is 32.2. The second kappa shape index (κ2) is 11.8. The predicted molar refractivity (Wildman–Crippen MR) is 176 cm³/mol. The quantitative estimate of drug-likeness (QED) is 0.221. The lowest BCUT2D eigenvalue weighted by atomic mass is 9.68. The van der Waals surface area contributed by atoms with Gasteiger partial charge in [0.05, 0.1) is 35.2 Å². The summed E-state index contributed by atoms with van der Waals surface area (Å²) < 4.78 is 52.7. The minimum absolute atomic E-state index is 0.124. The van der Waals surface area contributed by atoms with Gasteiger partial charge in [0.25, 0.3) is 5.91 Å². The van der Waals surface area contributed by atoms with Crippen molar-refractivity contribution in [1.82, 2.24) is 4.98 Å². The number of rotatable bonds is 7. The smallest absolute Gasteiger partial charge is 0.418 e. The Morgan fingerprint density at radius 1 is 0.939 bits per heavy atom. The molecule has 3 aromatic carbocycles. The molecule has 2 aliphatic carbocycles. The highest BCUT2D eigenvalue weighted by Crippen LogP contribution is 2.69. The Morgan fingerprint density at radius 3 is 2.31 bits per heavy atom. The van der Waals surface area contributed by atoms with Crippen LogP contribution >= 0.6 is 23.1 Å². The molecule has 3 amide bonds. The Balaban J connectivity index is 1.05. The summed E-state index contributed by atoms with van der Waals surface area (Å²) in [6, 6.07) is 18.9. The zero-order valence-electron chi connectivity index (χ0n) is 25.7. The van der Waals surface area contributed by atoms with Gasteiger partial charge in [-0.1, -0.05) is 35.6 Å². The normalized spacial score (nSPS) is 26.7. The number of aromatic amines is 1. The van der Waals surface area contributed by atoms with Gasteiger partial charge in [0, 0.05) is 21.7 Å². The Labute approximate surface area is 285 Å². The standard InChI is InChI=1S/C35H28F3N3O6S2/c1-46-18-12-8-17(9-13-18)39-24(42)15-47-19-10-6-16(7-11-19)25-26-20-14-21(29(26)48-31-30(25)49-34(45)40-31)28-27(20)32(43)41(33(28)44)23-5-3-2-4-22(23)35(36,37)38/h2-13,20-21,25-29H,14-15H2,1H3,(H,39,42)(H,40,45)/t20-,21-,25+,26-,27+,28+,29-/m1/s1. The summed E-state index contributed by atoms with van der Waals surface area (Å²) in [4.78, 5) is 57.2. The van der Waals surface area contributed by atoms with Crippen molar-refractivity contribution in [3.8, 4) is 11.5 Å².